The average molecular weight is 339 g/mol. The Bertz CT molecular complexity index is 687. The Balaban J connectivity index is 1.34. The number of aryl methyl sites for hydroxylation is 1. The number of fused-ring (bicyclic) bond motifs is 1. The number of rotatable bonds is 6. The van der Waals surface area contributed by atoms with Gasteiger partial charge in [0.15, 0.2) is 0 Å². The summed E-state index contributed by atoms with van der Waals surface area (Å²) in [7, 11) is 0. The van der Waals surface area contributed by atoms with Gasteiger partial charge < -0.3 is 5.32 Å². The Kier molecular flexibility index (Phi) is 4.78. The lowest BCUT2D eigenvalue weighted by Gasteiger charge is -2.24. The molecule has 6 heteroatoms. The molecular formula is C19H25N5O. The fourth-order valence-corrected chi connectivity index (χ4v) is 4.39. The van der Waals surface area contributed by atoms with E-state index in [4.69, 9.17) is 0 Å². The first kappa shape index (κ1) is 16.3. The van der Waals surface area contributed by atoms with Crippen molar-refractivity contribution in [3.63, 3.8) is 0 Å². The van der Waals surface area contributed by atoms with Crippen molar-refractivity contribution < 1.29 is 4.79 Å². The molecule has 2 aliphatic heterocycles. The number of benzene rings is 1. The highest BCUT2D eigenvalue weighted by Crippen LogP contribution is 2.44. The SMILES string of the molecule is O=C(NCCCn1ccnn1)[C@H]1C[C@@H](c2ccccc2)N2CCC[C@H]12. The summed E-state index contributed by atoms with van der Waals surface area (Å²) in [6.07, 6.45) is 7.67. The monoisotopic (exact) mass is 339 g/mol. The molecule has 0 aliphatic carbocycles. The van der Waals surface area contributed by atoms with Crippen LogP contribution in [0.2, 0.25) is 0 Å². The summed E-state index contributed by atoms with van der Waals surface area (Å²) in [5.41, 5.74) is 1.34. The molecule has 3 heterocycles. The predicted molar refractivity (Wildman–Crippen MR) is 94.7 cm³/mol. The van der Waals surface area contributed by atoms with Gasteiger partial charge in [0.25, 0.3) is 0 Å². The summed E-state index contributed by atoms with van der Waals surface area (Å²) >= 11 is 0. The van der Waals surface area contributed by atoms with Crippen LogP contribution < -0.4 is 5.32 Å². The molecule has 1 amide bonds. The lowest BCUT2D eigenvalue weighted by molar-refractivity contribution is -0.125. The van der Waals surface area contributed by atoms with Crippen LogP contribution in [-0.4, -0.2) is 44.9 Å². The van der Waals surface area contributed by atoms with Crippen molar-refractivity contribution in [2.75, 3.05) is 13.1 Å². The minimum atomic E-state index is 0.110. The third kappa shape index (κ3) is 3.44. The molecule has 132 valence electrons. The molecule has 6 nitrogen and oxygen atoms in total. The van der Waals surface area contributed by atoms with E-state index >= 15 is 0 Å². The van der Waals surface area contributed by atoms with E-state index in [2.05, 4.69) is 50.9 Å². The molecule has 0 radical (unpaired) electrons. The van der Waals surface area contributed by atoms with Gasteiger partial charge in [-0.25, -0.2) is 0 Å². The van der Waals surface area contributed by atoms with Gasteiger partial charge in [0.05, 0.1) is 12.1 Å². The first-order chi connectivity index (χ1) is 12.3. The van der Waals surface area contributed by atoms with Crippen molar-refractivity contribution >= 4 is 5.91 Å². The maximum atomic E-state index is 12.8. The van der Waals surface area contributed by atoms with E-state index in [-0.39, 0.29) is 11.8 Å². The van der Waals surface area contributed by atoms with Crippen LogP contribution in [0.25, 0.3) is 0 Å². The van der Waals surface area contributed by atoms with Crippen LogP contribution in [0.5, 0.6) is 0 Å². The second-order valence-electron chi connectivity index (χ2n) is 7.03. The Hall–Kier alpha value is -2.21. The molecular weight excluding hydrogens is 314 g/mol. The van der Waals surface area contributed by atoms with Crippen molar-refractivity contribution in [3.05, 3.63) is 48.3 Å². The third-order valence-corrected chi connectivity index (χ3v) is 5.54. The molecule has 3 atom stereocenters. The zero-order valence-electron chi connectivity index (χ0n) is 14.4. The lowest BCUT2D eigenvalue weighted by Crippen LogP contribution is -2.38. The van der Waals surface area contributed by atoms with E-state index < -0.39 is 0 Å². The van der Waals surface area contributed by atoms with Crippen molar-refractivity contribution in [1.82, 2.24) is 25.2 Å². The molecule has 0 bridgehead atoms. The first-order valence-corrected chi connectivity index (χ1v) is 9.25. The number of nitrogens with zero attached hydrogens (tertiary/aromatic N) is 4. The molecule has 1 N–H and O–H groups in total. The Morgan fingerprint density at radius 1 is 1.28 bits per heavy atom. The number of carbonyl (C=O) groups excluding carboxylic acids is 1. The van der Waals surface area contributed by atoms with Crippen LogP contribution >= 0.6 is 0 Å². The molecule has 2 saturated heterocycles. The van der Waals surface area contributed by atoms with Crippen molar-refractivity contribution in [2.24, 2.45) is 5.92 Å². The molecule has 2 aromatic rings. The molecule has 0 saturated carbocycles. The topological polar surface area (TPSA) is 63.1 Å². The molecule has 1 aromatic carbocycles. The fraction of sp³-hybridized carbons (Fsp3) is 0.526. The van der Waals surface area contributed by atoms with E-state index in [9.17, 15) is 4.79 Å². The molecule has 0 spiro atoms. The number of hydrogen-bond acceptors (Lipinski definition) is 4. The smallest absolute Gasteiger partial charge is 0.224 e. The molecule has 0 unspecified atom stereocenters. The molecule has 1 aromatic heterocycles. The van der Waals surface area contributed by atoms with Gasteiger partial charge in [0.2, 0.25) is 5.91 Å². The highest BCUT2D eigenvalue weighted by atomic mass is 16.2. The normalized spacial score (nSPS) is 25.8. The van der Waals surface area contributed by atoms with Gasteiger partial charge >= 0.3 is 0 Å². The van der Waals surface area contributed by atoms with Crippen molar-refractivity contribution in [3.8, 4) is 0 Å². The number of hydrogen-bond donors (Lipinski definition) is 1. The second kappa shape index (κ2) is 7.35. The summed E-state index contributed by atoms with van der Waals surface area (Å²) in [5.74, 6) is 0.327. The summed E-state index contributed by atoms with van der Waals surface area (Å²) in [6, 6.07) is 11.4. The number of amides is 1. The first-order valence-electron chi connectivity index (χ1n) is 9.25. The van der Waals surface area contributed by atoms with Gasteiger partial charge in [-0.05, 0) is 37.8 Å². The minimum absolute atomic E-state index is 0.110. The largest absolute Gasteiger partial charge is 0.356 e. The Morgan fingerprint density at radius 3 is 2.96 bits per heavy atom. The summed E-state index contributed by atoms with van der Waals surface area (Å²) < 4.78 is 1.80. The molecule has 2 aliphatic rings. The maximum Gasteiger partial charge on any atom is 0.224 e. The van der Waals surface area contributed by atoms with Crippen LogP contribution in [0.4, 0.5) is 0 Å². The predicted octanol–water partition coefficient (Wildman–Crippen LogP) is 2.01. The Morgan fingerprint density at radius 2 is 2.16 bits per heavy atom. The highest BCUT2D eigenvalue weighted by Gasteiger charge is 2.46. The highest BCUT2D eigenvalue weighted by molar-refractivity contribution is 5.80. The van der Waals surface area contributed by atoms with E-state index in [1.807, 2.05) is 6.20 Å². The van der Waals surface area contributed by atoms with Crippen molar-refractivity contribution in [1.29, 1.82) is 0 Å². The fourth-order valence-electron chi connectivity index (χ4n) is 4.39. The second-order valence-corrected chi connectivity index (χ2v) is 7.03. The van der Waals surface area contributed by atoms with Gasteiger partial charge in [-0.2, -0.15) is 0 Å². The van der Waals surface area contributed by atoms with E-state index in [1.54, 1.807) is 10.9 Å². The third-order valence-electron chi connectivity index (χ3n) is 5.54. The zero-order valence-corrected chi connectivity index (χ0v) is 14.4. The van der Waals surface area contributed by atoms with E-state index in [0.29, 0.717) is 18.6 Å². The van der Waals surface area contributed by atoms with Gasteiger partial charge in [0.1, 0.15) is 0 Å². The van der Waals surface area contributed by atoms with Crippen molar-refractivity contribution in [2.45, 2.75) is 44.3 Å². The van der Waals surface area contributed by atoms with Gasteiger partial charge in [-0.15, -0.1) is 5.10 Å². The van der Waals surface area contributed by atoms with Gasteiger partial charge in [-0.1, -0.05) is 35.5 Å². The van der Waals surface area contributed by atoms with Crippen LogP contribution in [0.3, 0.4) is 0 Å². The summed E-state index contributed by atoms with van der Waals surface area (Å²) in [6.45, 7) is 2.59. The quantitative estimate of drug-likeness (QED) is 0.818. The molecule has 25 heavy (non-hydrogen) atoms. The van der Waals surface area contributed by atoms with E-state index in [0.717, 1.165) is 32.4 Å². The summed E-state index contributed by atoms with van der Waals surface area (Å²) in [5, 5.41) is 10.9. The van der Waals surface area contributed by atoms with Crippen LogP contribution in [0, 0.1) is 5.92 Å². The standard InChI is InChI=1S/C19H25N5O/c25-19(20-9-5-11-23-13-10-21-22-23)16-14-18(15-6-2-1-3-7-15)24-12-4-8-17(16)24/h1-3,6-7,10,13,16-18H,4-5,8-9,11-12,14H2,(H,20,25)/t16-,17+,18-/m0/s1. The molecule has 4 rings (SSSR count). The minimum Gasteiger partial charge on any atom is -0.356 e. The lowest BCUT2D eigenvalue weighted by atomic mass is 9.93. The van der Waals surface area contributed by atoms with Crippen LogP contribution in [0.1, 0.15) is 37.3 Å². The number of carbonyl (C=O) groups is 1. The van der Waals surface area contributed by atoms with Gasteiger partial charge in [0, 0.05) is 31.4 Å². The van der Waals surface area contributed by atoms with Crippen LogP contribution in [-0.2, 0) is 11.3 Å². The van der Waals surface area contributed by atoms with E-state index in [1.165, 1.54) is 12.0 Å². The van der Waals surface area contributed by atoms with Crippen LogP contribution in [0.15, 0.2) is 42.7 Å². The summed E-state index contributed by atoms with van der Waals surface area (Å²) in [4.78, 5) is 15.3. The van der Waals surface area contributed by atoms with Gasteiger partial charge in [-0.3, -0.25) is 14.4 Å². The maximum absolute atomic E-state index is 12.8. The Labute approximate surface area is 148 Å². The average Bonchev–Trinajstić information content (AvgIpc) is 3.36. The number of nitrogens with one attached hydrogen (secondary N) is 1. The zero-order chi connectivity index (χ0) is 17.1. The number of aromatic nitrogens is 3. The molecule has 2 fully saturated rings.